The van der Waals surface area contributed by atoms with Gasteiger partial charge in [0.25, 0.3) is 0 Å². The number of nitrogens with zero attached hydrogens (tertiary/aromatic N) is 4. The molecule has 288 valence electrons. The first-order valence-electron chi connectivity index (χ1n) is 20.0. The van der Waals surface area contributed by atoms with Crippen LogP contribution in [0.25, 0.3) is 55.5 Å². The van der Waals surface area contributed by atoms with Crippen molar-refractivity contribution in [2.45, 2.75) is 71.7 Å². The van der Waals surface area contributed by atoms with E-state index >= 15 is 0 Å². The van der Waals surface area contributed by atoms with Crippen molar-refractivity contribution < 1.29 is 9.13 Å². The van der Waals surface area contributed by atoms with Gasteiger partial charge < -0.3 is 22.1 Å². The smallest absolute Gasteiger partial charge is 0.239 e. The molecule has 0 saturated heterocycles. The molecular formula is C48H51ClN8+2. The Balaban J connectivity index is 0.884. The average molecular weight is 775 g/mol. The monoisotopic (exact) mass is 774 g/mol. The summed E-state index contributed by atoms with van der Waals surface area (Å²) in [6, 6.07) is 37.8. The van der Waals surface area contributed by atoms with Crippen LogP contribution in [-0.4, -0.2) is 22.0 Å². The lowest BCUT2D eigenvalue weighted by Gasteiger charge is -2.16. The maximum atomic E-state index is 6.94. The third-order valence-electron chi connectivity index (χ3n) is 11.1. The lowest BCUT2D eigenvalue weighted by molar-refractivity contribution is -0.538. The molecule has 0 amide bonds. The number of para-hydroxylation sites is 2. The van der Waals surface area contributed by atoms with Crippen LogP contribution in [0.5, 0.6) is 0 Å². The molecule has 0 saturated carbocycles. The molecule has 2 aromatic heterocycles. The largest absolute Gasteiger partial charge is 0.398 e. The van der Waals surface area contributed by atoms with E-state index in [-0.39, 0.29) is 5.50 Å². The number of rotatable bonds is 13. The van der Waals surface area contributed by atoms with Gasteiger partial charge in [0.2, 0.25) is 33.4 Å². The standard InChI is InChI=1S/C48H49ClN8/c1-30-22-40-44(26-36(30)50)56(34-16-10-8-11-17-34)46-28-38(32(3)24-42(46)53-40)52-21-15-7-5-6-14-20-48(49)55-39-29-47-43(25-33(39)4)54-41-23-31(2)37(51)27-45(41)57(47)35-18-12-9-13-19-35/h8-13,16-19,22-29,48H,5-7,14-15,20-21H2,1-4H3,(H4,50,51,52,55)/p+2. The van der Waals surface area contributed by atoms with Crippen LogP contribution >= 0.6 is 11.6 Å². The summed E-state index contributed by atoms with van der Waals surface area (Å²) in [4.78, 5) is 10.1. The highest BCUT2D eigenvalue weighted by Crippen LogP contribution is 2.29. The number of aryl methyl sites for hydroxylation is 4. The molecule has 0 aliphatic carbocycles. The lowest BCUT2D eigenvalue weighted by Crippen LogP contribution is -2.33. The summed E-state index contributed by atoms with van der Waals surface area (Å²) >= 11 is 6.94. The molecule has 0 radical (unpaired) electrons. The number of benzene rings is 6. The van der Waals surface area contributed by atoms with Crippen LogP contribution in [0.15, 0.2) is 109 Å². The van der Waals surface area contributed by atoms with Crippen molar-refractivity contribution in [2.75, 3.05) is 28.6 Å². The number of nitrogen functional groups attached to an aromatic ring is 2. The number of halogens is 1. The quantitative estimate of drug-likeness (QED) is 0.0232. The van der Waals surface area contributed by atoms with Gasteiger partial charge in [0.1, 0.15) is 27.6 Å². The van der Waals surface area contributed by atoms with Crippen LogP contribution in [0.4, 0.5) is 22.7 Å². The van der Waals surface area contributed by atoms with Gasteiger partial charge >= 0.3 is 0 Å². The minimum atomic E-state index is -0.179. The Bertz CT molecular complexity index is 2750. The van der Waals surface area contributed by atoms with Crippen molar-refractivity contribution in [3.05, 3.63) is 131 Å². The lowest BCUT2D eigenvalue weighted by atomic mass is 10.1. The molecule has 57 heavy (non-hydrogen) atoms. The van der Waals surface area contributed by atoms with Crippen LogP contribution in [0.2, 0.25) is 0 Å². The highest BCUT2D eigenvalue weighted by molar-refractivity contribution is 6.21. The predicted molar refractivity (Wildman–Crippen MR) is 239 cm³/mol. The second kappa shape index (κ2) is 16.2. The fraction of sp³-hybridized carbons (Fsp3) is 0.250. The molecule has 2 heterocycles. The number of aromatic nitrogens is 4. The van der Waals surface area contributed by atoms with Gasteiger partial charge in [0.15, 0.2) is 0 Å². The van der Waals surface area contributed by atoms with Gasteiger partial charge in [-0.05, 0) is 87.1 Å². The zero-order chi connectivity index (χ0) is 39.6. The van der Waals surface area contributed by atoms with Crippen molar-refractivity contribution in [2.24, 2.45) is 0 Å². The van der Waals surface area contributed by atoms with E-state index in [2.05, 4.69) is 119 Å². The zero-order valence-corrected chi connectivity index (χ0v) is 34.0. The topological polar surface area (TPSA) is 110 Å². The van der Waals surface area contributed by atoms with Crippen molar-refractivity contribution >= 4 is 78.5 Å². The first-order chi connectivity index (χ1) is 27.6. The summed E-state index contributed by atoms with van der Waals surface area (Å²) in [6.45, 7) is 9.23. The molecule has 1 unspecified atom stereocenters. The number of fused-ring (bicyclic) bond motifs is 4. The van der Waals surface area contributed by atoms with Crippen molar-refractivity contribution in [1.82, 2.24) is 9.97 Å². The van der Waals surface area contributed by atoms with E-state index in [0.29, 0.717) is 0 Å². The first-order valence-corrected chi connectivity index (χ1v) is 20.5. The van der Waals surface area contributed by atoms with Gasteiger partial charge in [-0.1, -0.05) is 73.7 Å². The van der Waals surface area contributed by atoms with E-state index in [1.54, 1.807) is 0 Å². The maximum Gasteiger partial charge on any atom is 0.239 e. The summed E-state index contributed by atoms with van der Waals surface area (Å²) in [7, 11) is 0. The zero-order valence-electron chi connectivity index (χ0n) is 33.2. The van der Waals surface area contributed by atoms with Gasteiger partial charge in [-0.3, -0.25) is 0 Å². The van der Waals surface area contributed by atoms with Gasteiger partial charge in [-0.25, -0.2) is 9.97 Å². The number of anilines is 4. The number of nitrogens with two attached hydrogens (primary N) is 2. The molecule has 0 aliphatic heterocycles. The molecule has 0 fully saturated rings. The molecule has 9 heteroatoms. The molecular weight excluding hydrogens is 724 g/mol. The van der Waals surface area contributed by atoms with Crippen LogP contribution in [0.1, 0.15) is 60.8 Å². The van der Waals surface area contributed by atoms with E-state index in [0.717, 1.165) is 134 Å². The van der Waals surface area contributed by atoms with Gasteiger partial charge in [-0.2, -0.15) is 0 Å². The van der Waals surface area contributed by atoms with Crippen molar-refractivity contribution in [3.8, 4) is 11.4 Å². The highest BCUT2D eigenvalue weighted by Gasteiger charge is 2.24. The molecule has 6 aromatic carbocycles. The minimum absolute atomic E-state index is 0.179. The summed E-state index contributed by atoms with van der Waals surface area (Å²) in [5.41, 5.74) is 30.5. The molecule has 8 rings (SSSR count). The van der Waals surface area contributed by atoms with E-state index in [1.165, 1.54) is 12.0 Å². The van der Waals surface area contributed by atoms with E-state index < -0.39 is 0 Å². The average Bonchev–Trinajstić information content (AvgIpc) is 3.20. The minimum Gasteiger partial charge on any atom is -0.398 e. The van der Waals surface area contributed by atoms with Crippen LogP contribution < -0.4 is 31.2 Å². The number of unbranched alkanes of at least 4 members (excludes halogenated alkanes) is 4. The molecule has 0 aliphatic rings. The fourth-order valence-electron chi connectivity index (χ4n) is 7.85. The van der Waals surface area contributed by atoms with Gasteiger partial charge in [0, 0.05) is 77.8 Å². The summed E-state index contributed by atoms with van der Waals surface area (Å²) in [6.07, 6.45) is 6.50. The Kier molecular flexibility index (Phi) is 10.8. The van der Waals surface area contributed by atoms with E-state index in [1.807, 2.05) is 38.1 Å². The summed E-state index contributed by atoms with van der Waals surface area (Å²) in [5.74, 6) is 0. The SMILES string of the molecule is Cc1cc2nc3cc(C)c(NCCCCCCCC(Cl)Nc4cc5c(cc4C)nc4cc(C)c(N)cc4[n+]5-c4ccccc4)cc3[n+](-c3ccccc3)c2cc1N. The third-order valence-corrected chi connectivity index (χ3v) is 11.4. The maximum absolute atomic E-state index is 6.94. The second-order valence-corrected chi connectivity index (χ2v) is 15.9. The molecule has 1 atom stereocenters. The summed E-state index contributed by atoms with van der Waals surface area (Å²) in [5, 5.41) is 7.33. The molecule has 8 aromatic rings. The Morgan fingerprint density at radius 1 is 0.526 bits per heavy atom. The van der Waals surface area contributed by atoms with E-state index in [4.69, 9.17) is 33.0 Å². The van der Waals surface area contributed by atoms with Gasteiger partial charge in [-0.15, -0.1) is 9.13 Å². The normalized spacial score (nSPS) is 12.2. The Morgan fingerprint density at radius 3 is 1.47 bits per heavy atom. The molecule has 0 bridgehead atoms. The molecule has 0 spiro atoms. The number of nitrogens with one attached hydrogen (secondary N) is 2. The van der Waals surface area contributed by atoms with Crippen molar-refractivity contribution in [3.63, 3.8) is 0 Å². The van der Waals surface area contributed by atoms with E-state index in [9.17, 15) is 0 Å². The first kappa shape index (κ1) is 37.9. The molecule has 8 nitrogen and oxygen atoms in total. The van der Waals surface area contributed by atoms with Crippen molar-refractivity contribution in [1.29, 1.82) is 0 Å². The second-order valence-electron chi connectivity index (χ2n) is 15.4. The number of alkyl halides is 1. The fourth-order valence-corrected chi connectivity index (χ4v) is 8.12. The van der Waals surface area contributed by atoms with Gasteiger partial charge in [0.05, 0.1) is 0 Å². The molecule has 6 N–H and O–H groups in total. The highest BCUT2D eigenvalue weighted by atomic mass is 35.5. The van der Waals surface area contributed by atoms with Crippen LogP contribution in [-0.2, 0) is 0 Å². The van der Waals surface area contributed by atoms with Crippen LogP contribution in [0, 0.1) is 27.7 Å². The van der Waals surface area contributed by atoms with Crippen LogP contribution in [0.3, 0.4) is 0 Å². The Labute approximate surface area is 339 Å². The number of hydrogen-bond acceptors (Lipinski definition) is 6. The predicted octanol–water partition coefficient (Wildman–Crippen LogP) is 10.5. The number of hydrogen-bond donors (Lipinski definition) is 4. The third kappa shape index (κ3) is 7.87. The summed E-state index contributed by atoms with van der Waals surface area (Å²) < 4.78 is 4.52. The Morgan fingerprint density at radius 2 is 0.947 bits per heavy atom. The Hall–Kier alpha value is -5.99.